The zero-order chi connectivity index (χ0) is 13.5. The van der Waals surface area contributed by atoms with E-state index >= 15 is 0 Å². The van der Waals surface area contributed by atoms with E-state index in [9.17, 15) is 0 Å². The molecule has 0 fully saturated rings. The molecule has 0 spiro atoms. The van der Waals surface area contributed by atoms with Crippen molar-refractivity contribution in [3.05, 3.63) is 29.8 Å². The molecule has 0 aliphatic rings. The summed E-state index contributed by atoms with van der Waals surface area (Å²) in [5, 5.41) is 3.46. The third kappa shape index (κ3) is 5.54. The highest BCUT2D eigenvalue weighted by atomic mass is 16.5. The Morgan fingerprint density at radius 1 is 1.00 bits per heavy atom. The van der Waals surface area contributed by atoms with Gasteiger partial charge >= 0.3 is 0 Å². The Labute approximate surface area is 112 Å². The predicted molar refractivity (Wildman–Crippen MR) is 78.4 cm³/mol. The van der Waals surface area contributed by atoms with Gasteiger partial charge in [-0.15, -0.1) is 0 Å². The predicted octanol–water partition coefficient (Wildman–Crippen LogP) is 3.97. The minimum Gasteiger partial charge on any atom is -0.491 e. The first-order valence-corrected chi connectivity index (χ1v) is 6.99. The summed E-state index contributed by atoms with van der Waals surface area (Å²) in [5.41, 5.74) is 1.39. The molecule has 0 aromatic heterocycles. The molecule has 0 radical (unpaired) electrons. The van der Waals surface area contributed by atoms with Crippen LogP contribution in [0.2, 0.25) is 0 Å². The molecule has 0 saturated heterocycles. The standard InChI is InChI=1S/C16H27NO/c1-12(2)17-11-10-14(5)15-6-8-16(9-7-15)18-13(3)4/h6-9,12-14,17H,10-11H2,1-5H3. The summed E-state index contributed by atoms with van der Waals surface area (Å²) in [6, 6.07) is 9.07. The highest BCUT2D eigenvalue weighted by Gasteiger charge is 2.06. The number of nitrogens with one attached hydrogen (secondary N) is 1. The van der Waals surface area contributed by atoms with E-state index in [1.54, 1.807) is 0 Å². The van der Waals surface area contributed by atoms with Crippen molar-refractivity contribution in [2.24, 2.45) is 0 Å². The average Bonchev–Trinajstić information content (AvgIpc) is 2.28. The van der Waals surface area contributed by atoms with Crippen LogP contribution in [-0.2, 0) is 0 Å². The number of hydrogen-bond acceptors (Lipinski definition) is 2. The zero-order valence-electron chi connectivity index (χ0n) is 12.4. The van der Waals surface area contributed by atoms with E-state index in [2.05, 4.69) is 50.4 Å². The molecular weight excluding hydrogens is 222 g/mol. The fourth-order valence-corrected chi connectivity index (χ4v) is 1.90. The quantitative estimate of drug-likeness (QED) is 0.789. The van der Waals surface area contributed by atoms with Crippen LogP contribution in [0.15, 0.2) is 24.3 Å². The van der Waals surface area contributed by atoms with Crippen LogP contribution in [0.3, 0.4) is 0 Å². The Hall–Kier alpha value is -1.02. The van der Waals surface area contributed by atoms with Crippen LogP contribution in [0.5, 0.6) is 5.75 Å². The number of rotatable bonds is 7. The maximum atomic E-state index is 5.65. The first-order chi connectivity index (χ1) is 8.49. The van der Waals surface area contributed by atoms with Gasteiger partial charge in [0.1, 0.15) is 5.75 Å². The van der Waals surface area contributed by atoms with Gasteiger partial charge in [-0.2, -0.15) is 0 Å². The summed E-state index contributed by atoms with van der Waals surface area (Å²) in [5.74, 6) is 1.55. The lowest BCUT2D eigenvalue weighted by atomic mass is 9.98. The van der Waals surface area contributed by atoms with E-state index < -0.39 is 0 Å². The number of benzene rings is 1. The Morgan fingerprint density at radius 2 is 1.61 bits per heavy atom. The summed E-state index contributed by atoms with van der Waals surface area (Å²) in [4.78, 5) is 0. The van der Waals surface area contributed by atoms with Crippen LogP contribution in [-0.4, -0.2) is 18.7 Å². The topological polar surface area (TPSA) is 21.3 Å². The molecule has 0 heterocycles. The average molecular weight is 249 g/mol. The van der Waals surface area contributed by atoms with Gasteiger partial charge in [-0.05, 0) is 50.4 Å². The fourth-order valence-electron chi connectivity index (χ4n) is 1.90. The van der Waals surface area contributed by atoms with Crippen molar-refractivity contribution < 1.29 is 4.74 Å². The molecule has 0 bridgehead atoms. The molecule has 0 aliphatic carbocycles. The zero-order valence-corrected chi connectivity index (χ0v) is 12.4. The van der Waals surface area contributed by atoms with Gasteiger partial charge in [0.2, 0.25) is 0 Å². The second-order valence-electron chi connectivity index (χ2n) is 5.53. The van der Waals surface area contributed by atoms with Crippen molar-refractivity contribution in [1.82, 2.24) is 5.32 Å². The molecule has 0 amide bonds. The van der Waals surface area contributed by atoms with Gasteiger partial charge in [-0.25, -0.2) is 0 Å². The maximum Gasteiger partial charge on any atom is 0.119 e. The third-order valence-electron chi connectivity index (χ3n) is 2.95. The third-order valence-corrected chi connectivity index (χ3v) is 2.95. The smallest absolute Gasteiger partial charge is 0.119 e. The lowest BCUT2D eigenvalue weighted by Gasteiger charge is -2.15. The van der Waals surface area contributed by atoms with E-state index in [0.717, 1.165) is 12.3 Å². The van der Waals surface area contributed by atoms with Crippen molar-refractivity contribution >= 4 is 0 Å². The lowest BCUT2D eigenvalue weighted by Crippen LogP contribution is -2.24. The summed E-state index contributed by atoms with van der Waals surface area (Å²) in [7, 11) is 0. The van der Waals surface area contributed by atoms with Gasteiger partial charge < -0.3 is 10.1 Å². The van der Waals surface area contributed by atoms with Gasteiger partial charge in [0.25, 0.3) is 0 Å². The minimum atomic E-state index is 0.239. The molecule has 1 N–H and O–H groups in total. The van der Waals surface area contributed by atoms with E-state index in [1.165, 1.54) is 12.0 Å². The minimum absolute atomic E-state index is 0.239. The van der Waals surface area contributed by atoms with Gasteiger partial charge in [-0.1, -0.05) is 32.9 Å². The highest BCUT2D eigenvalue weighted by molar-refractivity contribution is 5.29. The van der Waals surface area contributed by atoms with Crippen LogP contribution in [0.25, 0.3) is 0 Å². The monoisotopic (exact) mass is 249 g/mol. The van der Waals surface area contributed by atoms with Crippen molar-refractivity contribution in [3.8, 4) is 5.75 Å². The lowest BCUT2D eigenvalue weighted by molar-refractivity contribution is 0.242. The Balaban J connectivity index is 2.46. The fraction of sp³-hybridized carbons (Fsp3) is 0.625. The number of ether oxygens (including phenoxy) is 1. The largest absolute Gasteiger partial charge is 0.491 e. The van der Waals surface area contributed by atoms with Crippen LogP contribution in [0.4, 0.5) is 0 Å². The molecule has 1 unspecified atom stereocenters. The molecule has 2 nitrogen and oxygen atoms in total. The normalized spacial score (nSPS) is 13.1. The molecule has 102 valence electrons. The summed E-state index contributed by atoms with van der Waals surface area (Å²) in [6.07, 6.45) is 1.41. The van der Waals surface area contributed by atoms with Crippen LogP contribution >= 0.6 is 0 Å². The SMILES string of the molecule is CC(C)NCCC(C)c1ccc(OC(C)C)cc1. The van der Waals surface area contributed by atoms with Gasteiger partial charge in [-0.3, -0.25) is 0 Å². The first-order valence-electron chi connectivity index (χ1n) is 6.99. The van der Waals surface area contributed by atoms with Crippen molar-refractivity contribution in [1.29, 1.82) is 0 Å². The Bertz CT molecular complexity index is 329. The molecular formula is C16H27NO. The molecule has 0 saturated carbocycles. The van der Waals surface area contributed by atoms with Crippen LogP contribution in [0, 0.1) is 0 Å². The van der Waals surface area contributed by atoms with Crippen molar-refractivity contribution in [3.63, 3.8) is 0 Å². The molecule has 2 heteroatoms. The molecule has 18 heavy (non-hydrogen) atoms. The maximum absolute atomic E-state index is 5.65. The van der Waals surface area contributed by atoms with E-state index in [-0.39, 0.29) is 6.10 Å². The summed E-state index contributed by atoms with van der Waals surface area (Å²) >= 11 is 0. The molecule has 0 aliphatic heterocycles. The second-order valence-corrected chi connectivity index (χ2v) is 5.53. The summed E-state index contributed by atoms with van der Waals surface area (Å²) in [6.45, 7) is 11.8. The van der Waals surface area contributed by atoms with Crippen molar-refractivity contribution in [2.45, 2.75) is 59.1 Å². The van der Waals surface area contributed by atoms with E-state index in [1.807, 2.05) is 13.8 Å². The van der Waals surface area contributed by atoms with Crippen LogP contribution in [0.1, 0.15) is 52.5 Å². The summed E-state index contributed by atoms with van der Waals surface area (Å²) < 4.78 is 5.65. The molecule has 1 aromatic rings. The van der Waals surface area contributed by atoms with Crippen molar-refractivity contribution in [2.75, 3.05) is 6.54 Å². The first kappa shape index (κ1) is 15.0. The van der Waals surface area contributed by atoms with Gasteiger partial charge in [0.15, 0.2) is 0 Å². The molecule has 1 atom stereocenters. The second kappa shape index (κ2) is 7.42. The highest BCUT2D eigenvalue weighted by Crippen LogP contribution is 2.22. The van der Waals surface area contributed by atoms with Gasteiger partial charge in [0, 0.05) is 6.04 Å². The van der Waals surface area contributed by atoms with E-state index in [0.29, 0.717) is 12.0 Å². The molecule has 1 aromatic carbocycles. The van der Waals surface area contributed by atoms with Gasteiger partial charge in [0.05, 0.1) is 6.10 Å². The van der Waals surface area contributed by atoms with Crippen LogP contribution < -0.4 is 10.1 Å². The number of hydrogen-bond donors (Lipinski definition) is 1. The Morgan fingerprint density at radius 3 is 2.11 bits per heavy atom. The van der Waals surface area contributed by atoms with E-state index in [4.69, 9.17) is 4.74 Å². The Kier molecular flexibility index (Phi) is 6.20. The molecule has 1 rings (SSSR count).